The van der Waals surface area contributed by atoms with E-state index in [9.17, 15) is 9.90 Å². The highest BCUT2D eigenvalue weighted by Crippen LogP contribution is 2.43. The summed E-state index contributed by atoms with van der Waals surface area (Å²) >= 11 is 0. The van der Waals surface area contributed by atoms with E-state index in [-0.39, 0.29) is 6.03 Å². The lowest BCUT2D eigenvalue weighted by atomic mass is 9.78. The van der Waals surface area contributed by atoms with Crippen molar-refractivity contribution in [1.29, 1.82) is 0 Å². The standard InChI is InChI=1S/C16H24N4O2/c1-15(22)16(8-10-19(11-9-16)14(21)17-2)20(12-18-15)13-6-4-3-5-7-13/h3-7,18,22H,8-12H2,1-2H3,(H,17,21). The Morgan fingerprint density at radius 2 is 1.91 bits per heavy atom. The van der Waals surface area contributed by atoms with Gasteiger partial charge in [0.1, 0.15) is 5.72 Å². The molecule has 6 nitrogen and oxygen atoms in total. The maximum absolute atomic E-state index is 11.8. The third-order valence-corrected chi connectivity index (χ3v) is 5.16. The Kier molecular flexibility index (Phi) is 3.74. The summed E-state index contributed by atoms with van der Waals surface area (Å²) in [6, 6.07) is 10.1. The highest BCUT2D eigenvalue weighted by Gasteiger charge is 2.57. The molecule has 1 atom stereocenters. The van der Waals surface area contributed by atoms with Crippen LogP contribution in [0.25, 0.3) is 0 Å². The molecule has 120 valence electrons. The fourth-order valence-electron chi connectivity index (χ4n) is 3.75. The topological polar surface area (TPSA) is 67.8 Å². The number of piperidine rings is 1. The number of carbonyl (C=O) groups excluding carboxylic acids is 1. The van der Waals surface area contributed by atoms with Gasteiger partial charge in [-0.25, -0.2) is 4.79 Å². The molecule has 1 spiro atoms. The second-order valence-corrected chi connectivity index (χ2v) is 6.24. The molecule has 1 aromatic carbocycles. The molecular weight excluding hydrogens is 280 g/mol. The highest BCUT2D eigenvalue weighted by molar-refractivity contribution is 5.74. The summed E-state index contributed by atoms with van der Waals surface area (Å²) in [5.74, 6) is 0. The van der Waals surface area contributed by atoms with Gasteiger partial charge in [0, 0.05) is 25.8 Å². The van der Waals surface area contributed by atoms with Crippen molar-refractivity contribution < 1.29 is 9.90 Å². The third kappa shape index (κ3) is 2.23. The molecule has 2 aliphatic heterocycles. The average Bonchev–Trinajstić information content (AvgIpc) is 2.79. The first-order valence-electron chi connectivity index (χ1n) is 7.77. The second kappa shape index (κ2) is 5.44. The molecule has 22 heavy (non-hydrogen) atoms. The first-order chi connectivity index (χ1) is 10.5. The van der Waals surface area contributed by atoms with Crippen LogP contribution in [-0.2, 0) is 0 Å². The van der Waals surface area contributed by atoms with E-state index in [1.54, 1.807) is 7.05 Å². The Bertz CT molecular complexity index is 538. The number of hydrogen-bond acceptors (Lipinski definition) is 4. The molecule has 3 N–H and O–H groups in total. The molecule has 0 aliphatic carbocycles. The third-order valence-electron chi connectivity index (χ3n) is 5.16. The quantitative estimate of drug-likeness (QED) is 0.722. The molecule has 0 aromatic heterocycles. The van der Waals surface area contributed by atoms with Crippen molar-refractivity contribution in [3.8, 4) is 0 Å². The predicted octanol–water partition coefficient (Wildman–Crippen LogP) is 0.936. The van der Waals surface area contributed by atoms with Crippen LogP contribution in [0.3, 0.4) is 0 Å². The number of nitrogens with one attached hydrogen (secondary N) is 2. The lowest BCUT2D eigenvalue weighted by molar-refractivity contribution is -0.0389. The number of aliphatic hydroxyl groups is 1. The van der Waals surface area contributed by atoms with E-state index in [4.69, 9.17) is 0 Å². The van der Waals surface area contributed by atoms with Crippen molar-refractivity contribution in [2.45, 2.75) is 31.0 Å². The number of likely N-dealkylation sites (tertiary alicyclic amines) is 1. The maximum atomic E-state index is 11.8. The van der Waals surface area contributed by atoms with Gasteiger partial charge in [0.25, 0.3) is 0 Å². The van der Waals surface area contributed by atoms with Crippen molar-refractivity contribution in [1.82, 2.24) is 15.5 Å². The summed E-state index contributed by atoms with van der Waals surface area (Å²) in [5, 5.41) is 16.8. The lowest BCUT2D eigenvalue weighted by Gasteiger charge is -2.50. The number of nitrogens with zero attached hydrogens (tertiary/aromatic N) is 2. The number of urea groups is 1. The molecule has 2 amide bonds. The van der Waals surface area contributed by atoms with Crippen LogP contribution in [-0.4, -0.2) is 54.1 Å². The van der Waals surface area contributed by atoms with Crippen molar-refractivity contribution in [2.75, 3.05) is 31.7 Å². The number of rotatable bonds is 1. The summed E-state index contributed by atoms with van der Waals surface area (Å²) < 4.78 is 0. The van der Waals surface area contributed by atoms with E-state index in [2.05, 4.69) is 27.7 Å². The number of amides is 2. The van der Waals surface area contributed by atoms with E-state index in [0.717, 1.165) is 18.5 Å². The number of carbonyl (C=O) groups is 1. The lowest BCUT2D eigenvalue weighted by Crippen LogP contribution is -2.64. The van der Waals surface area contributed by atoms with Crippen molar-refractivity contribution in [3.05, 3.63) is 30.3 Å². The fraction of sp³-hybridized carbons (Fsp3) is 0.562. The van der Waals surface area contributed by atoms with Crippen LogP contribution in [0.15, 0.2) is 30.3 Å². The second-order valence-electron chi connectivity index (χ2n) is 6.24. The van der Waals surface area contributed by atoms with Crippen molar-refractivity contribution in [2.24, 2.45) is 0 Å². The van der Waals surface area contributed by atoms with Gasteiger partial charge in [-0.1, -0.05) is 18.2 Å². The van der Waals surface area contributed by atoms with Gasteiger partial charge in [-0.3, -0.25) is 5.32 Å². The molecule has 2 fully saturated rings. The van der Waals surface area contributed by atoms with Crippen LogP contribution >= 0.6 is 0 Å². The van der Waals surface area contributed by atoms with Gasteiger partial charge in [0.05, 0.1) is 12.2 Å². The summed E-state index contributed by atoms with van der Waals surface area (Å²) in [5.41, 5.74) is -0.266. The van der Waals surface area contributed by atoms with Gasteiger partial charge in [0.15, 0.2) is 0 Å². The van der Waals surface area contributed by atoms with Crippen molar-refractivity contribution in [3.63, 3.8) is 0 Å². The van der Waals surface area contributed by atoms with Crippen LogP contribution in [0.5, 0.6) is 0 Å². The normalized spacial score (nSPS) is 27.2. The van der Waals surface area contributed by atoms with Crippen LogP contribution in [0, 0.1) is 0 Å². The number of hydrogen-bond donors (Lipinski definition) is 3. The Hall–Kier alpha value is -1.79. The van der Waals surface area contributed by atoms with Gasteiger partial charge in [-0.15, -0.1) is 0 Å². The zero-order valence-corrected chi connectivity index (χ0v) is 13.2. The maximum Gasteiger partial charge on any atom is 0.317 e. The summed E-state index contributed by atoms with van der Waals surface area (Å²) in [6.07, 6.45) is 1.46. The van der Waals surface area contributed by atoms with Gasteiger partial charge >= 0.3 is 6.03 Å². The predicted molar refractivity (Wildman–Crippen MR) is 85.5 cm³/mol. The zero-order chi connectivity index (χ0) is 15.8. The first-order valence-corrected chi connectivity index (χ1v) is 7.77. The molecular formula is C16H24N4O2. The van der Waals surface area contributed by atoms with Gasteiger partial charge in [0.2, 0.25) is 0 Å². The molecule has 0 bridgehead atoms. The van der Waals surface area contributed by atoms with E-state index in [0.29, 0.717) is 19.8 Å². The summed E-state index contributed by atoms with van der Waals surface area (Å²) in [6.45, 7) is 3.73. The summed E-state index contributed by atoms with van der Waals surface area (Å²) in [4.78, 5) is 15.9. The van der Waals surface area contributed by atoms with Gasteiger partial charge in [-0.2, -0.15) is 0 Å². The molecule has 2 aliphatic rings. The average molecular weight is 304 g/mol. The van der Waals surface area contributed by atoms with Crippen molar-refractivity contribution >= 4 is 11.7 Å². The number of benzene rings is 1. The zero-order valence-electron chi connectivity index (χ0n) is 13.2. The van der Waals surface area contributed by atoms with Crippen LogP contribution in [0.2, 0.25) is 0 Å². The number of para-hydroxylation sites is 1. The molecule has 6 heteroatoms. The summed E-state index contributed by atoms with van der Waals surface area (Å²) in [7, 11) is 1.65. The minimum Gasteiger partial charge on any atom is -0.374 e. The molecule has 0 radical (unpaired) electrons. The minimum absolute atomic E-state index is 0.0493. The largest absolute Gasteiger partial charge is 0.374 e. The smallest absolute Gasteiger partial charge is 0.317 e. The van der Waals surface area contributed by atoms with E-state index in [1.165, 1.54) is 0 Å². The SMILES string of the molecule is CNC(=O)N1CCC2(CC1)N(c1ccccc1)CNC2(C)O. The Labute approximate surface area is 131 Å². The monoisotopic (exact) mass is 304 g/mol. The highest BCUT2D eigenvalue weighted by atomic mass is 16.3. The number of anilines is 1. The molecule has 2 heterocycles. The molecule has 3 rings (SSSR count). The van der Waals surface area contributed by atoms with E-state index in [1.807, 2.05) is 30.0 Å². The Balaban J connectivity index is 1.87. The Morgan fingerprint density at radius 3 is 2.50 bits per heavy atom. The van der Waals surface area contributed by atoms with Crippen LogP contribution in [0.4, 0.5) is 10.5 Å². The van der Waals surface area contributed by atoms with E-state index >= 15 is 0 Å². The van der Waals surface area contributed by atoms with Gasteiger partial charge in [-0.05, 0) is 31.9 Å². The Morgan fingerprint density at radius 1 is 1.27 bits per heavy atom. The first kappa shape index (κ1) is 15.1. The van der Waals surface area contributed by atoms with Crippen LogP contribution < -0.4 is 15.5 Å². The van der Waals surface area contributed by atoms with Crippen LogP contribution in [0.1, 0.15) is 19.8 Å². The molecule has 0 saturated carbocycles. The molecule has 1 unspecified atom stereocenters. The molecule has 1 aromatic rings. The van der Waals surface area contributed by atoms with E-state index < -0.39 is 11.3 Å². The fourth-order valence-corrected chi connectivity index (χ4v) is 3.75. The molecule has 2 saturated heterocycles. The van der Waals surface area contributed by atoms with Gasteiger partial charge < -0.3 is 20.2 Å². The minimum atomic E-state index is -0.975.